The van der Waals surface area contributed by atoms with E-state index in [1.165, 1.54) is 27.9 Å². The molecule has 1 nitrogen and oxygen atoms in total. The lowest BCUT2D eigenvalue weighted by atomic mass is 10.1. The minimum atomic E-state index is -2.05. The number of benzene rings is 3. The van der Waals surface area contributed by atoms with Crippen LogP contribution in [0.15, 0.2) is 84.9 Å². The second kappa shape index (κ2) is 9.04. The van der Waals surface area contributed by atoms with Crippen molar-refractivity contribution >= 4 is 27.0 Å². The van der Waals surface area contributed by atoms with Crippen LogP contribution in [-0.2, 0) is 10.5 Å². The third-order valence-corrected chi connectivity index (χ3v) is 14.1. The van der Waals surface area contributed by atoms with Gasteiger partial charge in [0.15, 0.2) is 0 Å². The van der Waals surface area contributed by atoms with Gasteiger partial charge >= 0.3 is 0 Å². The first-order valence-electron chi connectivity index (χ1n) is 10.3. The van der Waals surface area contributed by atoms with Gasteiger partial charge in [0.1, 0.15) is 0 Å². The van der Waals surface area contributed by atoms with Gasteiger partial charge in [0.05, 0.1) is 0 Å². The van der Waals surface area contributed by atoms with Crippen LogP contribution in [0.1, 0.15) is 17.5 Å². The van der Waals surface area contributed by atoms with Gasteiger partial charge in [-0.2, -0.15) is 0 Å². The maximum Gasteiger partial charge on any atom is 0.209 e. The normalized spacial score (nSPS) is 13.9. The van der Waals surface area contributed by atoms with Crippen molar-refractivity contribution in [2.75, 3.05) is 0 Å². The van der Waals surface area contributed by atoms with Crippen LogP contribution in [0.5, 0.6) is 0 Å². The summed E-state index contributed by atoms with van der Waals surface area (Å²) in [5, 5.41) is 2.79. The molecule has 0 aliphatic carbocycles. The molecule has 0 amide bonds. The van der Waals surface area contributed by atoms with Crippen molar-refractivity contribution in [1.82, 2.24) is 0 Å². The lowest BCUT2D eigenvalue weighted by Gasteiger charge is -2.37. The van der Waals surface area contributed by atoms with E-state index in [1.807, 2.05) is 0 Å². The van der Waals surface area contributed by atoms with Crippen molar-refractivity contribution < 1.29 is 4.12 Å². The molecule has 3 aromatic rings. The zero-order valence-electron chi connectivity index (χ0n) is 17.6. The molecule has 3 heteroatoms. The van der Waals surface area contributed by atoms with E-state index in [-0.39, 0.29) is 0 Å². The SMILES string of the molecule is Cc1ccccc1CCC[Si](C)(O[Si](C)(C)c1ccccc1)c1ccccc1. The smallest absolute Gasteiger partial charge is 0.209 e. The minimum absolute atomic E-state index is 1.12. The Bertz CT molecular complexity index is 877. The van der Waals surface area contributed by atoms with E-state index in [1.54, 1.807) is 0 Å². The number of hydrogen-bond donors (Lipinski definition) is 0. The van der Waals surface area contributed by atoms with Gasteiger partial charge in [-0.05, 0) is 67.0 Å². The topological polar surface area (TPSA) is 9.23 Å². The Morgan fingerprint density at radius 2 is 1.21 bits per heavy atom. The molecule has 0 fully saturated rings. The summed E-state index contributed by atoms with van der Waals surface area (Å²) in [6.45, 7) is 9.32. The molecule has 3 rings (SSSR count). The van der Waals surface area contributed by atoms with Gasteiger partial charge in [0.2, 0.25) is 16.6 Å². The van der Waals surface area contributed by atoms with Gasteiger partial charge in [-0.25, -0.2) is 0 Å². The van der Waals surface area contributed by atoms with E-state index < -0.39 is 16.6 Å². The fraction of sp³-hybridized carbons (Fsp3) is 0.280. The summed E-state index contributed by atoms with van der Waals surface area (Å²) in [4.78, 5) is 0. The summed E-state index contributed by atoms with van der Waals surface area (Å²) in [7, 11) is -4.03. The van der Waals surface area contributed by atoms with Crippen LogP contribution in [-0.4, -0.2) is 16.6 Å². The molecule has 0 saturated heterocycles. The van der Waals surface area contributed by atoms with Crippen LogP contribution in [0.2, 0.25) is 25.7 Å². The minimum Gasteiger partial charge on any atom is -0.449 e. The van der Waals surface area contributed by atoms with Crippen molar-refractivity contribution in [3.63, 3.8) is 0 Å². The van der Waals surface area contributed by atoms with E-state index in [0.29, 0.717) is 0 Å². The lowest BCUT2D eigenvalue weighted by molar-refractivity contribution is 0.558. The molecule has 1 unspecified atom stereocenters. The maximum atomic E-state index is 7.14. The van der Waals surface area contributed by atoms with E-state index in [0.717, 1.165) is 12.5 Å². The lowest BCUT2D eigenvalue weighted by Crippen LogP contribution is -2.59. The van der Waals surface area contributed by atoms with Crippen molar-refractivity contribution in [3.05, 3.63) is 96.1 Å². The Balaban J connectivity index is 1.81. The van der Waals surface area contributed by atoms with Gasteiger partial charge in [-0.15, -0.1) is 0 Å². The predicted octanol–water partition coefficient (Wildman–Crippen LogP) is 5.54. The van der Waals surface area contributed by atoms with Crippen LogP contribution in [0.4, 0.5) is 0 Å². The molecule has 0 spiro atoms. The van der Waals surface area contributed by atoms with Gasteiger partial charge in [0, 0.05) is 0 Å². The van der Waals surface area contributed by atoms with Crippen molar-refractivity contribution in [3.8, 4) is 0 Å². The summed E-state index contributed by atoms with van der Waals surface area (Å²) < 4.78 is 7.14. The molecule has 0 aliphatic rings. The van der Waals surface area contributed by atoms with E-state index in [2.05, 4.69) is 111 Å². The van der Waals surface area contributed by atoms with Gasteiger partial charge < -0.3 is 4.12 Å². The summed E-state index contributed by atoms with van der Waals surface area (Å²) in [6, 6.07) is 31.7. The molecular formula is C25H32OSi2. The molecule has 1 atom stereocenters. The average molecular weight is 405 g/mol. The summed E-state index contributed by atoms with van der Waals surface area (Å²) >= 11 is 0. The van der Waals surface area contributed by atoms with Gasteiger partial charge in [-0.3, -0.25) is 0 Å². The highest BCUT2D eigenvalue weighted by atomic mass is 28.4. The summed E-state index contributed by atoms with van der Waals surface area (Å²) in [5.41, 5.74) is 2.86. The van der Waals surface area contributed by atoms with Crippen LogP contribution in [0, 0.1) is 6.92 Å². The van der Waals surface area contributed by atoms with E-state index in [4.69, 9.17) is 4.12 Å². The molecule has 0 aromatic heterocycles. The second-order valence-corrected chi connectivity index (χ2v) is 16.3. The zero-order valence-corrected chi connectivity index (χ0v) is 19.6. The van der Waals surface area contributed by atoms with Crippen molar-refractivity contribution in [1.29, 1.82) is 0 Å². The van der Waals surface area contributed by atoms with Crippen LogP contribution < -0.4 is 10.4 Å². The Morgan fingerprint density at radius 1 is 0.679 bits per heavy atom. The third kappa shape index (κ3) is 5.10. The summed E-state index contributed by atoms with van der Waals surface area (Å²) in [5.74, 6) is 0. The zero-order chi connectivity index (χ0) is 20.0. The van der Waals surface area contributed by atoms with E-state index >= 15 is 0 Å². The third-order valence-electron chi connectivity index (χ3n) is 5.70. The van der Waals surface area contributed by atoms with Crippen molar-refractivity contribution in [2.24, 2.45) is 0 Å². The molecular weight excluding hydrogens is 372 g/mol. The molecule has 0 N–H and O–H groups in total. The standard InChI is InChI=1S/C25H32OSi2/c1-22-14-11-12-15-23(22)16-13-21-28(4,25-19-9-6-10-20-25)26-27(2,3)24-17-7-5-8-18-24/h5-12,14-15,17-20H,13,16,21H2,1-4H3. The molecule has 0 aliphatic heterocycles. The average Bonchev–Trinajstić information content (AvgIpc) is 2.70. The van der Waals surface area contributed by atoms with Crippen LogP contribution >= 0.6 is 0 Å². The van der Waals surface area contributed by atoms with Gasteiger partial charge in [-0.1, -0.05) is 84.9 Å². The largest absolute Gasteiger partial charge is 0.449 e. The molecule has 3 aromatic carbocycles. The van der Waals surface area contributed by atoms with Crippen LogP contribution in [0.3, 0.4) is 0 Å². The Labute approximate surface area is 172 Å². The molecule has 0 radical (unpaired) electrons. The first-order valence-corrected chi connectivity index (χ1v) is 15.8. The highest BCUT2D eigenvalue weighted by Gasteiger charge is 2.39. The maximum absolute atomic E-state index is 7.14. The van der Waals surface area contributed by atoms with Gasteiger partial charge in [0.25, 0.3) is 0 Å². The van der Waals surface area contributed by atoms with Crippen LogP contribution in [0.25, 0.3) is 0 Å². The molecule has 0 heterocycles. The number of aryl methyl sites for hydroxylation is 2. The fourth-order valence-corrected chi connectivity index (χ4v) is 12.9. The highest BCUT2D eigenvalue weighted by molar-refractivity contribution is 6.97. The molecule has 28 heavy (non-hydrogen) atoms. The molecule has 0 saturated carbocycles. The predicted molar refractivity (Wildman–Crippen MR) is 127 cm³/mol. The Hall–Kier alpha value is -1.95. The molecule has 146 valence electrons. The first kappa shape index (κ1) is 20.8. The summed E-state index contributed by atoms with van der Waals surface area (Å²) in [6.07, 6.45) is 2.29. The van der Waals surface area contributed by atoms with E-state index in [9.17, 15) is 0 Å². The second-order valence-electron chi connectivity index (χ2n) is 8.36. The van der Waals surface area contributed by atoms with Crippen molar-refractivity contribution in [2.45, 2.75) is 45.5 Å². The monoisotopic (exact) mass is 404 g/mol. The highest BCUT2D eigenvalue weighted by Crippen LogP contribution is 2.22. The Morgan fingerprint density at radius 3 is 1.82 bits per heavy atom. The quantitative estimate of drug-likeness (QED) is 0.448. The number of hydrogen-bond acceptors (Lipinski definition) is 1. The fourth-order valence-electron chi connectivity index (χ4n) is 4.01. The first-order chi connectivity index (χ1) is 13.4. The Kier molecular flexibility index (Phi) is 6.71. The molecule has 0 bridgehead atoms. The number of rotatable bonds is 8.